The molecule has 1 rings (SSSR count). The van der Waals surface area contributed by atoms with Crippen molar-refractivity contribution in [1.82, 2.24) is 4.37 Å². The molecular formula is C14H25NS2. The minimum atomic E-state index is 0.245. The van der Waals surface area contributed by atoms with Crippen LogP contribution in [0.25, 0.3) is 0 Å². The van der Waals surface area contributed by atoms with Crippen LogP contribution in [0.3, 0.4) is 0 Å². The van der Waals surface area contributed by atoms with Crippen molar-refractivity contribution >= 4 is 23.3 Å². The number of rotatable bonds is 4. The summed E-state index contributed by atoms with van der Waals surface area (Å²) in [6, 6.07) is 2.28. The number of hydrogen-bond acceptors (Lipinski definition) is 3. The van der Waals surface area contributed by atoms with Gasteiger partial charge in [0.05, 0.1) is 5.69 Å². The lowest BCUT2D eigenvalue weighted by Crippen LogP contribution is -2.09. The van der Waals surface area contributed by atoms with Crippen molar-refractivity contribution in [3.8, 4) is 0 Å². The molecule has 0 spiro atoms. The molecule has 0 aliphatic carbocycles. The summed E-state index contributed by atoms with van der Waals surface area (Å²) in [5, 5.41) is 0. The van der Waals surface area contributed by atoms with Gasteiger partial charge in [0.15, 0.2) is 0 Å². The predicted octanol–water partition coefficient (Wildman–Crippen LogP) is 4.76. The fourth-order valence-electron chi connectivity index (χ4n) is 1.34. The highest BCUT2D eigenvalue weighted by molar-refractivity contribution is 7.99. The predicted molar refractivity (Wildman–Crippen MR) is 81.3 cm³/mol. The van der Waals surface area contributed by atoms with Gasteiger partial charge in [0.1, 0.15) is 0 Å². The first kappa shape index (κ1) is 15.0. The molecule has 1 aromatic rings. The van der Waals surface area contributed by atoms with E-state index in [1.807, 2.05) is 11.8 Å². The van der Waals surface area contributed by atoms with E-state index in [2.05, 4.69) is 52.0 Å². The Balaban J connectivity index is 2.36. The monoisotopic (exact) mass is 271 g/mol. The van der Waals surface area contributed by atoms with Gasteiger partial charge in [-0.1, -0.05) is 41.5 Å². The zero-order chi connectivity index (χ0) is 13.1. The third kappa shape index (κ3) is 5.91. The molecule has 0 unspecified atom stereocenters. The van der Waals surface area contributed by atoms with Crippen LogP contribution in [-0.2, 0) is 11.8 Å². The highest BCUT2D eigenvalue weighted by atomic mass is 32.2. The van der Waals surface area contributed by atoms with Gasteiger partial charge in [-0.3, -0.25) is 0 Å². The van der Waals surface area contributed by atoms with Crippen LogP contribution >= 0.6 is 23.3 Å². The van der Waals surface area contributed by atoms with Crippen molar-refractivity contribution in [1.29, 1.82) is 0 Å². The van der Waals surface area contributed by atoms with Crippen molar-refractivity contribution < 1.29 is 0 Å². The molecule has 0 aliphatic rings. The van der Waals surface area contributed by atoms with Crippen molar-refractivity contribution in [3.05, 3.63) is 16.6 Å². The van der Waals surface area contributed by atoms with Crippen LogP contribution in [0.4, 0.5) is 0 Å². The van der Waals surface area contributed by atoms with E-state index >= 15 is 0 Å². The second-order valence-corrected chi connectivity index (χ2v) is 8.71. The number of aryl methyl sites for hydroxylation is 1. The average Bonchev–Trinajstić information content (AvgIpc) is 2.58. The van der Waals surface area contributed by atoms with Crippen LogP contribution in [0.1, 0.15) is 52.1 Å². The normalized spacial score (nSPS) is 13.1. The maximum Gasteiger partial charge on any atom is 0.0553 e. The molecule has 98 valence electrons. The first-order chi connectivity index (χ1) is 7.68. The summed E-state index contributed by atoms with van der Waals surface area (Å²) in [4.78, 5) is 1.40. The van der Waals surface area contributed by atoms with Crippen molar-refractivity contribution in [3.63, 3.8) is 0 Å². The Kier molecular flexibility index (Phi) is 5.08. The van der Waals surface area contributed by atoms with E-state index in [1.165, 1.54) is 22.1 Å². The minimum absolute atomic E-state index is 0.245. The van der Waals surface area contributed by atoms with Crippen LogP contribution in [0, 0.1) is 5.41 Å². The van der Waals surface area contributed by atoms with Gasteiger partial charge in [-0.25, -0.2) is 0 Å². The third-order valence-corrected chi connectivity index (χ3v) is 5.15. The van der Waals surface area contributed by atoms with Crippen LogP contribution in [0.15, 0.2) is 6.07 Å². The smallest absolute Gasteiger partial charge is 0.0553 e. The fourth-order valence-corrected chi connectivity index (χ4v) is 3.27. The summed E-state index contributed by atoms with van der Waals surface area (Å²) >= 11 is 3.70. The molecule has 0 amide bonds. The van der Waals surface area contributed by atoms with Gasteiger partial charge in [0, 0.05) is 4.88 Å². The Morgan fingerprint density at radius 2 is 1.82 bits per heavy atom. The maximum absolute atomic E-state index is 4.54. The number of thioether (sulfide) groups is 1. The summed E-state index contributed by atoms with van der Waals surface area (Å²) in [5.41, 5.74) is 1.94. The van der Waals surface area contributed by atoms with E-state index in [0.717, 1.165) is 6.42 Å². The topological polar surface area (TPSA) is 12.9 Å². The molecule has 0 saturated carbocycles. The quantitative estimate of drug-likeness (QED) is 0.732. The van der Waals surface area contributed by atoms with Gasteiger partial charge in [0.25, 0.3) is 0 Å². The van der Waals surface area contributed by atoms with Crippen LogP contribution in [-0.4, -0.2) is 15.9 Å². The Morgan fingerprint density at radius 3 is 2.29 bits per heavy atom. The van der Waals surface area contributed by atoms with Crippen molar-refractivity contribution in [2.24, 2.45) is 5.41 Å². The number of hydrogen-bond donors (Lipinski definition) is 0. The summed E-state index contributed by atoms with van der Waals surface area (Å²) in [6.07, 6.45) is 1.10. The summed E-state index contributed by atoms with van der Waals surface area (Å²) in [7, 11) is 0. The Labute approximate surface area is 115 Å². The maximum atomic E-state index is 4.54. The molecule has 1 nitrogen and oxygen atoms in total. The molecular weight excluding hydrogens is 246 g/mol. The van der Waals surface area contributed by atoms with Crippen LogP contribution in [0.2, 0.25) is 0 Å². The SMILES string of the molecule is CC(C)(C)CSCCc1cc(C(C)(C)C)sn1. The standard InChI is InChI=1S/C14H25NS2/c1-13(2,3)10-16-8-7-11-9-12(17-15-11)14(4,5)6/h9H,7-8,10H2,1-6H3. The summed E-state index contributed by atoms with van der Waals surface area (Å²) in [5.74, 6) is 2.41. The number of aromatic nitrogens is 1. The Hall–Kier alpha value is -0.0200. The van der Waals surface area contributed by atoms with E-state index < -0.39 is 0 Å². The average molecular weight is 271 g/mol. The van der Waals surface area contributed by atoms with E-state index in [-0.39, 0.29) is 5.41 Å². The molecule has 0 atom stereocenters. The molecule has 0 fully saturated rings. The highest BCUT2D eigenvalue weighted by Gasteiger charge is 2.17. The van der Waals surface area contributed by atoms with Crippen molar-refractivity contribution in [2.45, 2.75) is 53.4 Å². The van der Waals surface area contributed by atoms with Gasteiger partial charge in [-0.15, -0.1) is 0 Å². The lowest BCUT2D eigenvalue weighted by Gasteiger charge is -2.16. The zero-order valence-corrected chi connectivity index (χ0v) is 13.6. The molecule has 17 heavy (non-hydrogen) atoms. The first-order valence-corrected chi connectivity index (χ1v) is 8.15. The van der Waals surface area contributed by atoms with E-state index in [4.69, 9.17) is 0 Å². The van der Waals surface area contributed by atoms with Gasteiger partial charge in [-0.2, -0.15) is 16.1 Å². The molecule has 0 N–H and O–H groups in total. The molecule has 0 aliphatic heterocycles. The third-order valence-electron chi connectivity index (χ3n) is 2.34. The molecule has 0 bridgehead atoms. The van der Waals surface area contributed by atoms with E-state index in [9.17, 15) is 0 Å². The fraction of sp³-hybridized carbons (Fsp3) is 0.786. The van der Waals surface area contributed by atoms with E-state index in [1.54, 1.807) is 11.5 Å². The molecule has 1 heterocycles. The second kappa shape index (κ2) is 5.75. The van der Waals surface area contributed by atoms with Gasteiger partial charge in [0.2, 0.25) is 0 Å². The second-order valence-electron chi connectivity index (χ2n) is 6.80. The molecule has 1 aromatic heterocycles. The van der Waals surface area contributed by atoms with Gasteiger partial charge < -0.3 is 0 Å². The zero-order valence-electron chi connectivity index (χ0n) is 12.0. The summed E-state index contributed by atoms with van der Waals surface area (Å²) in [6.45, 7) is 13.6. The summed E-state index contributed by atoms with van der Waals surface area (Å²) < 4.78 is 4.54. The highest BCUT2D eigenvalue weighted by Crippen LogP contribution is 2.27. The van der Waals surface area contributed by atoms with Crippen molar-refractivity contribution in [2.75, 3.05) is 11.5 Å². The van der Waals surface area contributed by atoms with Crippen LogP contribution < -0.4 is 0 Å². The lowest BCUT2D eigenvalue weighted by atomic mass is 9.94. The minimum Gasteiger partial charge on any atom is -0.197 e. The number of nitrogens with zero attached hydrogens (tertiary/aromatic N) is 1. The lowest BCUT2D eigenvalue weighted by molar-refractivity contribution is 0.481. The molecule has 0 aromatic carbocycles. The van der Waals surface area contributed by atoms with E-state index in [0.29, 0.717) is 5.41 Å². The molecule has 3 heteroatoms. The Bertz CT molecular complexity index is 342. The Morgan fingerprint density at radius 1 is 1.18 bits per heavy atom. The van der Waals surface area contributed by atoms with Gasteiger partial charge in [-0.05, 0) is 46.4 Å². The van der Waals surface area contributed by atoms with Gasteiger partial charge >= 0.3 is 0 Å². The first-order valence-electron chi connectivity index (χ1n) is 6.22. The molecule has 0 radical (unpaired) electrons. The molecule has 0 saturated heterocycles. The van der Waals surface area contributed by atoms with Crippen LogP contribution in [0.5, 0.6) is 0 Å². The largest absolute Gasteiger partial charge is 0.197 e.